The van der Waals surface area contributed by atoms with E-state index in [1.807, 2.05) is 16.8 Å². The van der Waals surface area contributed by atoms with E-state index < -0.39 is 15.8 Å². The highest BCUT2D eigenvalue weighted by Crippen LogP contribution is 2.41. The van der Waals surface area contributed by atoms with Crippen molar-refractivity contribution in [2.45, 2.75) is 44.8 Å². The maximum Gasteiger partial charge on any atom is 0.339 e. The van der Waals surface area contributed by atoms with Gasteiger partial charge in [-0.2, -0.15) is 21.4 Å². The predicted molar refractivity (Wildman–Crippen MR) is 123 cm³/mol. The number of ether oxygens (including phenoxy) is 1. The molecule has 2 aliphatic rings. The van der Waals surface area contributed by atoms with E-state index in [1.165, 1.54) is 11.3 Å². The number of thiophene rings is 1. The van der Waals surface area contributed by atoms with Crippen LogP contribution < -0.4 is 0 Å². The van der Waals surface area contributed by atoms with Crippen molar-refractivity contribution in [3.05, 3.63) is 45.7 Å². The number of carbonyl (C=O) groups is 1. The van der Waals surface area contributed by atoms with Crippen molar-refractivity contribution in [1.82, 2.24) is 24.9 Å². The molecule has 0 aromatic carbocycles. The van der Waals surface area contributed by atoms with Crippen molar-refractivity contribution in [3.8, 4) is 11.5 Å². The highest BCUT2D eigenvalue weighted by atomic mass is 32.2. The molecule has 1 aliphatic carbocycles. The molecular weight excluding hydrogens is 478 g/mol. The van der Waals surface area contributed by atoms with Crippen LogP contribution in [0.2, 0.25) is 0 Å². The van der Waals surface area contributed by atoms with Gasteiger partial charge in [0.25, 0.3) is 5.89 Å². The zero-order valence-corrected chi connectivity index (χ0v) is 19.9. The molecule has 0 N–H and O–H groups in total. The molecule has 12 heteroatoms. The topological polar surface area (TPSA) is 130 Å². The Hall–Kier alpha value is -3.12. The zero-order valence-electron chi connectivity index (χ0n) is 18.3. The lowest BCUT2D eigenvalue weighted by Crippen LogP contribution is -2.14. The molecule has 0 unspecified atom stereocenters. The third kappa shape index (κ3) is 3.90. The van der Waals surface area contributed by atoms with Crippen LogP contribution in [0.25, 0.3) is 22.5 Å². The summed E-state index contributed by atoms with van der Waals surface area (Å²) in [6, 6.07) is 3.36. The molecule has 6 rings (SSSR count). The fourth-order valence-electron chi connectivity index (χ4n) is 4.33. The average Bonchev–Trinajstić information content (AvgIpc) is 3.16. The summed E-state index contributed by atoms with van der Waals surface area (Å²) in [6.07, 6.45) is 2.50. The van der Waals surface area contributed by atoms with E-state index >= 15 is 0 Å². The minimum absolute atomic E-state index is 0.0304. The number of sulfone groups is 1. The molecule has 1 atom stereocenters. The van der Waals surface area contributed by atoms with Crippen molar-refractivity contribution in [3.63, 3.8) is 0 Å². The van der Waals surface area contributed by atoms with Gasteiger partial charge in [0.2, 0.25) is 5.82 Å². The Bertz CT molecular complexity index is 1500. The van der Waals surface area contributed by atoms with Gasteiger partial charge in [0.1, 0.15) is 0 Å². The monoisotopic (exact) mass is 499 g/mol. The Kier molecular flexibility index (Phi) is 5.03. The minimum Gasteiger partial charge on any atom is -0.454 e. The zero-order chi connectivity index (χ0) is 23.4. The first-order chi connectivity index (χ1) is 16.4. The maximum atomic E-state index is 13.2. The largest absolute Gasteiger partial charge is 0.454 e. The van der Waals surface area contributed by atoms with E-state index in [2.05, 4.69) is 15.2 Å². The summed E-state index contributed by atoms with van der Waals surface area (Å²) < 4.78 is 36.6. The first-order valence-electron chi connectivity index (χ1n) is 11.0. The Labute approximate surface area is 198 Å². The molecule has 1 aliphatic heterocycles. The van der Waals surface area contributed by atoms with E-state index in [4.69, 9.17) is 14.2 Å². The quantitative estimate of drug-likeness (QED) is 0.366. The van der Waals surface area contributed by atoms with Crippen molar-refractivity contribution < 1.29 is 22.5 Å². The molecule has 10 nitrogen and oxygen atoms in total. The summed E-state index contributed by atoms with van der Waals surface area (Å²) in [5, 5.41) is 12.9. The van der Waals surface area contributed by atoms with Crippen LogP contribution >= 0.6 is 11.3 Å². The van der Waals surface area contributed by atoms with Crippen LogP contribution in [0.15, 0.2) is 27.4 Å². The van der Waals surface area contributed by atoms with Gasteiger partial charge >= 0.3 is 5.97 Å². The SMILES string of the molecule is Cc1nn([C@H]2CCS(=O)(=O)C2)c2nc(C3CC3)cc(C(=O)OCc3noc(-c4ccsc4)n3)c12. The van der Waals surface area contributed by atoms with Gasteiger partial charge in [-0.1, -0.05) is 5.16 Å². The third-order valence-corrected chi connectivity index (χ3v) is 8.63. The molecule has 34 heavy (non-hydrogen) atoms. The van der Waals surface area contributed by atoms with Gasteiger partial charge in [0, 0.05) is 17.0 Å². The normalized spacial score (nSPS) is 19.6. The van der Waals surface area contributed by atoms with Crippen LogP contribution in [0.1, 0.15) is 58.8 Å². The molecule has 1 saturated carbocycles. The van der Waals surface area contributed by atoms with Crippen molar-refractivity contribution >= 4 is 38.2 Å². The molecule has 1 saturated heterocycles. The Morgan fingerprint density at radius 1 is 1.29 bits per heavy atom. The second kappa shape index (κ2) is 7.98. The molecule has 2 fully saturated rings. The highest BCUT2D eigenvalue weighted by molar-refractivity contribution is 7.91. The summed E-state index contributed by atoms with van der Waals surface area (Å²) >= 11 is 1.52. The maximum absolute atomic E-state index is 13.2. The molecule has 0 amide bonds. The summed E-state index contributed by atoms with van der Waals surface area (Å²) in [7, 11) is -3.10. The smallest absolute Gasteiger partial charge is 0.339 e. The Morgan fingerprint density at radius 2 is 2.15 bits per heavy atom. The van der Waals surface area contributed by atoms with Gasteiger partial charge < -0.3 is 9.26 Å². The van der Waals surface area contributed by atoms with Crippen LogP contribution in [0, 0.1) is 6.92 Å². The van der Waals surface area contributed by atoms with E-state index in [-0.39, 0.29) is 35.9 Å². The van der Waals surface area contributed by atoms with Crippen molar-refractivity contribution in [1.29, 1.82) is 0 Å². The van der Waals surface area contributed by atoms with Gasteiger partial charge in [0.05, 0.1) is 39.8 Å². The molecule has 0 spiro atoms. The number of nitrogens with zero attached hydrogens (tertiary/aromatic N) is 5. The lowest BCUT2D eigenvalue weighted by Gasteiger charge is -2.11. The number of rotatable bonds is 6. The number of pyridine rings is 1. The van der Waals surface area contributed by atoms with E-state index in [0.717, 1.165) is 24.1 Å². The number of aromatic nitrogens is 5. The van der Waals surface area contributed by atoms with E-state index in [1.54, 1.807) is 17.7 Å². The molecule has 4 aromatic rings. The molecule has 4 aromatic heterocycles. The molecule has 0 bridgehead atoms. The van der Waals surface area contributed by atoms with Crippen LogP contribution in [-0.2, 0) is 21.2 Å². The number of aryl methyl sites for hydroxylation is 1. The van der Waals surface area contributed by atoms with Gasteiger partial charge in [0.15, 0.2) is 22.1 Å². The van der Waals surface area contributed by atoms with E-state index in [0.29, 0.717) is 34.6 Å². The lowest BCUT2D eigenvalue weighted by atomic mass is 10.1. The lowest BCUT2D eigenvalue weighted by molar-refractivity contribution is 0.0461. The van der Waals surface area contributed by atoms with E-state index in [9.17, 15) is 13.2 Å². The van der Waals surface area contributed by atoms with Gasteiger partial charge in [-0.3, -0.25) is 0 Å². The summed E-state index contributed by atoms with van der Waals surface area (Å²) in [5.74, 6) is 0.565. The molecule has 0 radical (unpaired) electrons. The number of fused-ring (bicyclic) bond motifs is 1. The second-order valence-electron chi connectivity index (χ2n) is 8.76. The third-order valence-electron chi connectivity index (χ3n) is 6.20. The van der Waals surface area contributed by atoms with Gasteiger partial charge in [-0.25, -0.2) is 22.9 Å². The minimum atomic E-state index is -3.10. The number of esters is 1. The van der Waals surface area contributed by atoms with Gasteiger partial charge in [-0.15, -0.1) is 0 Å². The Balaban J connectivity index is 1.32. The first kappa shape index (κ1) is 21.4. The van der Waals surface area contributed by atoms with Crippen LogP contribution in [-0.4, -0.2) is 50.8 Å². The van der Waals surface area contributed by atoms with Crippen LogP contribution in [0.5, 0.6) is 0 Å². The number of hydrogen-bond acceptors (Lipinski definition) is 10. The Morgan fingerprint density at radius 3 is 2.85 bits per heavy atom. The number of hydrogen-bond donors (Lipinski definition) is 0. The number of carbonyl (C=O) groups excluding carboxylic acids is 1. The fraction of sp³-hybridized carbons (Fsp3) is 0.409. The summed E-state index contributed by atoms with van der Waals surface area (Å²) in [6.45, 7) is 1.66. The second-order valence-corrected chi connectivity index (χ2v) is 11.8. The first-order valence-corrected chi connectivity index (χ1v) is 13.8. The summed E-state index contributed by atoms with van der Waals surface area (Å²) in [5.41, 5.74) is 3.14. The average molecular weight is 500 g/mol. The molecular formula is C22H21N5O5S2. The summed E-state index contributed by atoms with van der Waals surface area (Å²) in [4.78, 5) is 22.3. The molecule has 176 valence electrons. The fourth-order valence-corrected chi connectivity index (χ4v) is 6.65. The van der Waals surface area contributed by atoms with Crippen molar-refractivity contribution in [2.75, 3.05) is 11.5 Å². The van der Waals surface area contributed by atoms with Crippen LogP contribution in [0.3, 0.4) is 0 Å². The highest BCUT2D eigenvalue weighted by Gasteiger charge is 2.34. The molecule has 5 heterocycles. The van der Waals surface area contributed by atoms with Crippen molar-refractivity contribution in [2.24, 2.45) is 0 Å². The van der Waals surface area contributed by atoms with Crippen LogP contribution in [0.4, 0.5) is 0 Å². The standard InChI is InChI=1S/C22H21N5O5S2/c1-12-19-16(22(28)31-9-18-24-21(32-26-18)14-4-6-33-10-14)8-17(13-2-3-13)23-20(19)27(25-12)15-5-7-34(29,30)11-15/h4,6,8,10,13,15H,2-3,5,7,9,11H2,1H3/t15-/m0/s1. The predicted octanol–water partition coefficient (Wildman–Crippen LogP) is 3.45. The van der Waals surface area contributed by atoms with Gasteiger partial charge in [-0.05, 0) is 43.7 Å².